The second-order valence-corrected chi connectivity index (χ2v) is 3.82. The fraction of sp³-hybridized carbons (Fsp3) is 0.667. The number of nitrogens with zero attached hydrogens (tertiary/aromatic N) is 3. The van der Waals surface area contributed by atoms with Crippen LogP contribution in [0.1, 0.15) is 23.9 Å². The average Bonchev–Trinajstić information content (AvgIpc) is 2.55. The van der Waals surface area contributed by atoms with Gasteiger partial charge < -0.3 is 9.30 Å². The van der Waals surface area contributed by atoms with Gasteiger partial charge in [-0.3, -0.25) is 0 Å². The van der Waals surface area contributed by atoms with Gasteiger partial charge in [0.15, 0.2) is 0 Å². The van der Waals surface area contributed by atoms with Gasteiger partial charge in [-0.05, 0) is 31.9 Å². The second kappa shape index (κ2) is 6.43. The molecule has 16 heavy (non-hydrogen) atoms. The summed E-state index contributed by atoms with van der Waals surface area (Å²) in [6.07, 6.45) is 1.07. The minimum Gasteiger partial charge on any atom is -0.383 e. The van der Waals surface area contributed by atoms with Crippen molar-refractivity contribution in [3.05, 3.63) is 23.0 Å². The standard InChI is InChI=1S/C12H21N3O/c1-5-12-8-10(2)15(11(12)3)9-14-13-6-7-16-4/h8H,5-7,9H2,1-4H3. The lowest BCUT2D eigenvalue weighted by atomic mass is 10.2. The van der Waals surface area contributed by atoms with E-state index in [1.54, 1.807) is 7.11 Å². The Morgan fingerprint density at radius 1 is 1.31 bits per heavy atom. The molecule has 0 bridgehead atoms. The first-order valence-corrected chi connectivity index (χ1v) is 5.68. The molecule has 0 aliphatic heterocycles. The van der Waals surface area contributed by atoms with Crippen LogP contribution in [0.3, 0.4) is 0 Å². The topological polar surface area (TPSA) is 38.9 Å². The molecule has 0 saturated heterocycles. The predicted molar refractivity (Wildman–Crippen MR) is 64.9 cm³/mol. The van der Waals surface area contributed by atoms with Gasteiger partial charge in [0, 0.05) is 18.5 Å². The van der Waals surface area contributed by atoms with Crippen LogP contribution in [-0.4, -0.2) is 24.8 Å². The number of azo groups is 1. The zero-order valence-electron chi connectivity index (χ0n) is 10.7. The van der Waals surface area contributed by atoms with Crippen LogP contribution < -0.4 is 0 Å². The number of hydrogen-bond donors (Lipinski definition) is 0. The summed E-state index contributed by atoms with van der Waals surface area (Å²) in [5.41, 5.74) is 3.94. The number of aromatic nitrogens is 1. The van der Waals surface area contributed by atoms with Gasteiger partial charge in [-0.25, -0.2) is 0 Å². The fourth-order valence-corrected chi connectivity index (χ4v) is 1.76. The first-order valence-electron chi connectivity index (χ1n) is 5.68. The molecule has 1 aromatic rings. The Hall–Kier alpha value is -1.16. The smallest absolute Gasteiger partial charge is 0.135 e. The molecule has 0 aliphatic carbocycles. The monoisotopic (exact) mass is 223 g/mol. The van der Waals surface area contributed by atoms with E-state index in [4.69, 9.17) is 4.74 Å². The van der Waals surface area contributed by atoms with Crippen LogP contribution in [0.5, 0.6) is 0 Å². The third-order valence-corrected chi connectivity index (χ3v) is 2.76. The Bertz CT molecular complexity index is 355. The highest BCUT2D eigenvalue weighted by atomic mass is 16.5. The molecule has 0 atom stereocenters. The average molecular weight is 223 g/mol. The van der Waals surface area contributed by atoms with Gasteiger partial charge in [-0.15, -0.1) is 0 Å². The molecule has 0 unspecified atom stereocenters. The number of methoxy groups -OCH3 is 1. The normalized spacial score (nSPS) is 11.5. The summed E-state index contributed by atoms with van der Waals surface area (Å²) in [4.78, 5) is 0. The second-order valence-electron chi connectivity index (χ2n) is 3.82. The van der Waals surface area contributed by atoms with Crippen LogP contribution in [0.4, 0.5) is 0 Å². The lowest BCUT2D eigenvalue weighted by molar-refractivity contribution is 0.206. The number of aryl methyl sites for hydroxylation is 2. The lowest BCUT2D eigenvalue weighted by Crippen LogP contribution is -2.01. The number of hydrogen-bond acceptors (Lipinski definition) is 3. The van der Waals surface area contributed by atoms with Crippen LogP contribution in [0.2, 0.25) is 0 Å². The van der Waals surface area contributed by atoms with Crippen molar-refractivity contribution in [3.8, 4) is 0 Å². The largest absolute Gasteiger partial charge is 0.383 e. The minimum absolute atomic E-state index is 0.612. The maximum atomic E-state index is 4.90. The van der Waals surface area contributed by atoms with Gasteiger partial charge >= 0.3 is 0 Å². The van der Waals surface area contributed by atoms with Gasteiger partial charge in [-0.2, -0.15) is 10.2 Å². The van der Waals surface area contributed by atoms with Gasteiger partial charge in [0.25, 0.3) is 0 Å². The van der Waals surface area contributed by atoms with Gasteiger partial charge in [-0.1, -0.05) is 6.92 Å². The molecule has 1 aromatic heterocycles. The molecule has 0 spiro atoms. The number of rotatable bonds is 6. The molecule has 1 rings (SSSR count). The molecule has 0 N–H and O–H groups in total. The highest BCUT2D eigenvalue weighted by molar-refractivity contribution is 5.26. The molecule has 4 nitrogen and oxygen atoms in total. The van der Waals surface area contributed by atoms with E-state index in [-0.39, 0.29) is 0 Å². The molecule has 0 aromatic carbocycles. The quantitative estimate of drug-likeness (QED) is 0.540. The molecule has 0 saturated carbocycles. The van der Waals surface area contributed by atoms with Crippen molar-refractivity contribution in [1.29, 1.82) is 0 Å². The summed E-state index contributed by atoms with van der Waals surface area (Å²) in [5.74, 6) is 0. The molecule has 90 valence electrons. The maximum Gasteiger partial charge on any atom is 0.135 e. The van der Waals surface area contributed by atoms with Gasteiger partial charge in [0.05, 0.1) is 13.2 Å². The van der Waals surface area contributed by atoms with Crippen molar-refractivity contribution in [3.63, 3.8) is 0 Å². The highest BCUT2D eigenvalue weighted by Gasteiger charge is 2.05. The Labute approximate surface area is 97.3 Å². The van der Waals surface area contributed by atoms with E-state index in [9.17, 15) is 0 Å². The summed E-state index contributed by atoms with van der Waals surface area (Å²) < 4.78 is 7.09. The third-order valence-electron chi connectivity index (χ3n) is 2.76. The Kier molecular flexibility index (Phi) is 5.19. The van der Waals surface area contributed by atoms with Crippen LogP contribution >= 0.6 is 0 Å². The highest BCUT2D eigenvalue weighted by Crippen LogP contribution is 2.15. The molecule has 0 fully saturated rings. The van der Waals surface area contributed by atoms with E-state index in [0.29, 0.717) is 19.8 Å². The van der Waals surface area contributed by atoms with Crippen molar-refractivity contribution in [1.82, 2.24) is 4.57 Å². The van der Waals surface area contributed by atoms with E-state index >= 15 is 0 Å². The lowest BCUT2D eigenvalue weighted by Gasteiger charge is -2.05. The predicted octanol–water partition coefficient (Wildman–Crippen LogP) is 2.72. The Morgan fingerprint density at radius 2 is 2.06 bits per heavy atom. The SMILES string of the molecule is CCc1cc(C)n(CN=NCCOC)c1C. The summed E-state index contributed by atoms with van der Waals surface area (Å²) in [5, 5.41) is 8.21. The van der Waals surface area contributed by atoms with E-state index < -0.39 is 0 Å². The van der Waals surface area contributed by atoms with Crippen molar-refractivity contribution >= 4 is 0 Å². The Balaban J connectivity index is 2.59. The first-order chi connectivity index (χ1) is 7.70. The fourth-order valence-electron chi connectivity index (χ4n) is 1.76. The first kappa shape index (κ1) is 12.9. The van der Waals surface area contributed by atoms with Crippen LogP contribution in [0.25, 0.3) is 0 Å². The summed E-state index contributed by atoms with van der Waals surface area (Å²) in [7, 11) is 1.67. The number of ether oxygens (including phenoxy) is 1. The zero-order valence-corrected chi connectivity index (χ0v) is 10.7. The Morgan fingerprint density at radius 3 is 2.62 bits per heavy atom. The maximum absolute atomic E-state index is 4.90. The van der Waals surface area contributed by atoms with Crippen molar-refractivity contribution in [2.24, 2.45) is 10.2 Å². The van der Waals surface area contributed by atoms with Gasteiger partial charge in [0.1, 0.15) is 6.67 Å². The summed E-state index contributed by atoms with van der Waals surface area (Å²) in [6.45, 7) is 8.30. The molecule has 0 aliphatic rings. The van der Waals surface area contributed by atoms with E-state index in [1.165, 1.54) is 17.0 Å². The third kappa shape index (κ3) is 3.17. The minimum atomic E-state index is 0.612. The van der Waals surface area contributed by atoms with Crippen molar-refractivity contribution in [2.45, 2.75) is 33.9 Å². The van der Waals surface area contributed by atoms with Gasteiger partial charge in [0.2, 0.25) is 0 Å². The summed E-state index contributed by atoms with van der Waals surface area (Å²) in [6, 6.07) is 2.22. The van der Waals surface area contributed by atoms with E-state index in [1.807, 2.05) is 0 Å². The molecule has 0 amide bonds. The van der Waals surface area contributed by atoms with Crippen LogP contribution in [0.15, 0.2) is 16.3 Å². The molecule has 0 radical (unpaired) electrons. The van der Waals surface area contributed by atoms with E-state index in [0.717, 1.165) is 6.42 Å². The summed E-state index contributed by atoms with van der Waals surface area (Å²) >= 11 is 0. The van der Waals surface area contributed by atoms with E-state index in [2.05, 4.69) is 41.6 Å². The molecular formula is C12H21N3O. The van der Waals surface area contributed by atoms with Crippen LogP contribution in [-0.2, 0) is 17.8 Å². The van der Waals surface area contributed by atoms with Crippen molar-refractivity contribution < 1.29 is 4.74 Å². The van der Waals surface area contributed by atoms with Crippen LogP contribution in [0, 0.1) is 13.8 Å². The van der Waals surface area contributed by atoms with Crippen molar-refractivity contribution in [2.75, 3.05) is 20.3 Å². The molecule has 4 heteroatoms. The zero-order chi connectivity index (χ0) is 12.0. The molecular weight excluding hydrogens is 202 g/mol. The molecule has 1 heterocycles.